The molecule has 0 saturated heterocycles. The van der Waals surface area contributed by atoms with Crippen molar-refractivity contribution in [2.45, 2.75) is 39.3 Å². The Morgan fingerprint density at radius 2 is 2.08 bits per heavy atom. The van der Waals surface area contributed by atoms with Crippen LogP contribution in [0.4, 0.5) is 5.82 Å². The first-order valence-electron chi connectivity index (χ1n) is 8.77. The van der Waals surface area contributed by atoms with E-state index in [2.05, 4.69) is 32.9 Å². The predicted molar refractivity (Wildman–Crippen MR) is 95.7 cm³/mol. The Bertz CT molecular complexity index is 894. The summed E-state index contributed by atoms with van der Waals surface area (Å²) in [5.41, 5.74) is 2.61. The first kappa shape index (κ1) is 16.4. The number of carbonyl (C=O) groups is 1. The van der Waals surface area contributed by atoms with Gasteiger partial charge in [-0.1, -0.05) is 12.1 Å². The normalized spacial score (nSPS) is 15.0. The predicted octanol–water partition coefficient (Wildman–Crippen LogP) is 2.45. The number of aryl methyl sites for hydroxylation is 1. The van der Waals surface area contributed by atoms with Crippen LogP contribution in [0.2, 0.25) is 0 Å². The summed E-state index contributed by atoms with van der Waals surface area (Å²) in [6, 6.07) is 7.75. The van der Waals surface area contributed by atoms with Crippen LogP contribution in [0.1, 0.15) is 47.3 Å². The summed E-state index contributed by atoms with van der Waals surface area (Å²) >= 11 is 0. The van der Waals surface area contributed by atoms with Gasteiger partial charge < -0.3 is 5.32 Å². The van der Waals surface area contributed by atoms with Crippen LogP contribution in [0, 0.1) is 12.8 Å². The average molecular weight is 351 g/mol. The standard InChI is InChI=1S/C18H21N7O/c1-12-9-20-25(13(2)15-7-8-15)17(12)21-18(26)16-5-3-14(4-6-16)10-24-11-19-22-23-24/h3-6,9,11,13,15H,7-8,10H2,1-2H3,(H,21,26)/t13-/m0/s1. The van der Waals surface area contributed by atoms with Gasteiger partial charge in [-0.15, -0.1) is 5.10 Å². The smallest absolute Gasteiger partial charge is 0.256 e. The number of tetrazole rings is 1. The van der Waals surface area contributed by atoms with Crippen molar-refractivity contribution in [1.29, 1.82) is 0 Å². The van der Waals surface area contributed by atoms with Gasteiger partial charge in [-0.05, 0) is 60.7 Å². The molecule has 1 saturated carbocycles. The molecule has 1 aliphatic carbocycles. The Morgan fingerprint density at radius 3 is 2.73 bits per heavy atom. The van der Waals surface area contributed by atoms with Crippen LogP contribution in [0.25, 0.3) is 0 Å². The third-order valence-electron chi connectivity index (χ3n) is 4.85. The molecule has 0 spiro atoms. The summed E-state index contributed by atoms with van der Waals surface area (Å²) in [5.74, 6) is 1.31. The van der Waals surface area contributed by atoms with Gasteiger partial charge in [0.15, 0.2) is 0 Å². The maximum Gasteiger partial charge on any atom is 0.256 e. The zero-order valence-corrected chi connectivity index (χ0v) is 14.8. The van der Waals surface area contributed by atoms with Crippen molar-refractivity contribution < 1.29 is 4.79 Å². The van der Waals surface area contributed by atoms with Crippen molar-refractivity contribution in [3.8, 4) is 0 Å². The summed E-state index contributed by atoms with van der Waals surface area (Å²) < 4.78 is 3.58. The summed E-state index contributed by atoms with van der Waals surface area (Å²) in [7, 11) is 0. The highest BCUT2D eigenvalue weighted by Gasteiger charge is 2.31. The number of anilines is 1. The van der Waals surface area contributed by atoms with Crippen LogP contribution in [-0.2, 0) is 6.54 Å². The van der Waals surface area contributed by atoms with Crippen molar-refractivity contribution >= 4 is 11.7 Å². The van der Waals surface area contributed by atoms with E-state index in [-0.39, 0.29) is 5.91 Å². The van der Waals surface area contributed by atoms with E-state index in [1.54, 1.807) is 11.0 Å². The van der Waals surface area contributed by atoms with Crippen LogP contribution >= 0.6 is 0 Å². The van der Waals surface area contributed by atoms with E-state index in [9.17, 15) is 4.79 Å². The van der Waals surface area contributed by atoms with Crippen molar-refractivity contribution in [2.75, 3.05) is 5.32 Å². The zero-order chi connectivity index (χ0) is 18.1. The molecule has 2 aromatic heterocycles. The van der Waals surface area contributed by atoms with Crippen molar-refractivity contribution in [2.24, 2.45) is 5.92 Å². The fourth-order valence-electron chi connectivity index (χ4n) is 3.07. The van der Waals surface area contributed by atoms with Crippen molar-refractivity contribution in [3.05, 3.63) is 53.5 Å². The lowest BCUT2D eigenvalue weighted by Crippen LogP contribution is -2.19. The first-order chi connectivity index (χ1) is 12.6. The number of hydrogen-bond donors (Lipinski definition) is 1. The largest absolute Gasteiger partial charge is 0.307 e. The summed E-state index contributed by atoms with van der Waals surface area (Å²) in [6.07, 6.45) is 5.84. The maximum absolute atomic E-state index is 12.7. The lowest BCUT2D eigenvalue weighted by molar-refractivity contribution is 0.102. The molecule has 1 aliphatic rings. The quantitative estimate of drug-likeness (QED) is 0.737. The molecule has 1 aromatic carbocycles. The molecule has 1 atom stereocenters. The average Bonchev–Trinajstić information content (AvgIpc) is 3.27. The van der Waals surface area contributed by atoms with Crippen LogP contribution in [0.5, 0.6) is 0 Å². The molecule has 8 nitrogen and oxygen atoms in total. The number of nitrogens with one attached hydrogen (secondary N) is 1. The highest BCUT2D eigenvalue weighted by Crippen LogP contribution is 2.40. The van der Waals surface area contributed by atoms with Crippen LogP contribution in [0.3, 0.4) is 0 Å². The van der Waals surface area contributed by atoms with E-state index < -0.39 is 0 Å². The molecule has 0 unspecified atom stereocenters. The Hall–Kier alpha value is -3.03. The van der Waals surface area contributed by atoms with Crippen LogP contribution in [0.15, 0.2) is 36.8 Å². The van der Waals surface area contributed by atoms with Gasteiger partial charge in [-0.2, -0.15) is 5.10 Å². The van der Waals surface area contributed by atoms with Gasteiger partial charge in [0.05, 0.1) is 18.8 Å². The molecule has 4 rings (SSSR count). The Balaban J connectivity index is 1.47. The van der Waals surface area contributed by atoms with E-state index in [4.69, 9.17) is 0 Å². The highest BCUT2D eigenvalue weighted by atomic mass is 16.1. The maximum atomic E-state index is 12.7. The third kappa shape index (κ3) is 3.35. The molecule has 8 heteroatoms. The second-order valence-electron chi connectivity index (χ2n) is 6.86. The summed E-state index contributed by atoms with van der Waals surface area (Å²) in [6.45, 7) is 4.70. The third-order valence-corrected chi connectivity index (χ3v) is 4.85. The number of benzene rings is 1. The summed E-state index contributed by atoms with van der Waals surface area (Å²) in [5, 5.41) is 18.6. The Kier molecular flexibility index (Phi) is 4.24. The van der Waals surface area contributed by atoms with Gasteiger partial charge in [-0.3, -0.25) is 4.79 Å². The number of hydrogen-bond acceptors (Lipinski definition) is 5. The molecule has 0 aliphatic heterocycles. The van der Waals surface area contributed by atoms with Gasteiger partial charge in [0.2, 0.25) is 0 Å². The molecule has 1 N–H and O–H groups in total. The second-order valence-corrected chi connectivity index (χ2v) is 6.86. The van der Waals surface area contributed by atoms with Gasteiger partial charge in [0.25, 0.3) is 5.91 Å². The Labute approximate surface area is 151 Å². The zero-order valence-electron chi connectivity index (χ0n) is 14.8. The van der Waals surface area contributed by atoms with Crippen LogP contribution in [-0.4, -0.2) is 35.9 Å². The fourth-order valence-corrected chi connectivity index (χ4v) is 3.07. The monoisotopic (exact) mass is 351 g/mol. The fraction of sp³-hybridized carbons (Fsp3) is 0.389. The van der Waals surface area contributed by atoms with E-state index in [1.807, 2.05) is 42.1 Å². The number of carbonyl (C=O) groups excluding carboxylic acids is 1. The van der Waals surface area contributed by atoms with Crippen molar-refractivity contribution in [1.82, 2.24) is 30.0 Å². The van der Waals surface area contributed by atoms with Crippen LogP contribution < -0.4 is 5.32 Å². The van der Waals surface area contributed by atoms with E-state index in [0.29, 0.717) is 24.1 Å². The Morgan fingerprint density at radius 1 is 1.31 bits per heavy atom. The lowest BCUT2D eigenvalue weighted by atomic mass is 10.1. The van der Waals surface area contributed by atoms with Gasteiger partial charge in [0.1, 0.15) is 12.1 Å². The molecular formula is C18H21N7O. The first-order valence-corrected chi connectivity index (χ1v) is 8.77. The minimum absolute atomic E-state index is 0.133. The molecule has 134 valence electrons. The number of aromatic nitrogens is 6. The van der Waals surface area contributed by atoms with Crippen molar-refractivity contribution in [3.63, 3.8) is 0 Å². The molecule has 0 bridgehead atoms. The summed E-state index contributed by atoms with van der Waals surface area (Å²) in [4.78, 5) is 12.7. The highest BCUT2D eigenvalue weighted by molar-refractivity contribution is 6.04. The molecule has 26 heavy (non-hydrogen) atoms. The second kappa shape index (κ2) is 6.70. The number of nitrogens with zero attached hydrogens (tertiary/aromatic N) is 6. The lowest BCUT2D eigenvalue weighted by Gasteiger charge is -2.16. The molecule has 1 fully saturated rings. The molecule has 1 amide bonds. The minimum Gasteiger partial charge on any atom is -0.307 e. The van der Waals surface area contributed by atoms with E-state index in [0.717, 1.165) is 16.9 Å². The minimum atomic E-state index is -0.133. The number of amides is 1. The van der Waals surface area contributed by atoms with Gasteiger partial charge >= 0.3 is 0 Å². The molecule has 2 heterocycles. The van der Waals surface area contributed by atoms with Gasteiger partial charge in [0, 0.05) is 11.1 Å². The molecule has 3 aromatic rings. The molecule has 0 radical (unpaired) electrons. The van der Waals surface area contributed by atoms with E-state index >= 15 is 0 Å². The SMILES string of the molecule is Cc1cnn([C@@H](C)C2CC2)c1NC(=O)c1ccc(Cn2cnnn2)cc1. The van der Waals surface area contributed by atoms with Gasteiger partial charge in [-0.25, -0.2) is 9.36 Å². The van der Waals surface area contributed by atoms with E-state index in [1.165, 1.54) is 12.8 Å². The molecular weight excluding hydrogens is 330 g/mol. The topological polar surface area (TPSA) is 90.5 Å². The number of rotatable bonds is 6.